The summed E-state index contributed by atoms with van der Waals surface area (Å²) in [6.07, 6.45) is 2.24. The zero-order valence-corrected chi connectivity index (χ0v) is 9.88. The standard InChI is InChI=1S/C16H16/c1-3-12-7-5-8-13-10-15-11(2)6-4-9-14(15)16(12)13/h4-9H,3,10H2,1-2H3. The molecule has 0 heterocycles. The van der Waals surface area contributed by atoms with E-state index in [0.29, 0.717) is 0 Å². The van der Waals surface area contributed by atoms with Crippen LogP contribution in [0.25, 0.3) is 11.1 Å². The van der Waals surface area contributed by atoms with Gasteiger partial charge in [0.25, 0.3) is 0 Å². The van der Waals surface area contributed by atoms with Gasteiger partial charge in [-0.05, 0) is 53.1 Å². The highest BCUT2D eigenvalue weighted by atomic mass is 14.2. The summed E-state index contributed by atoms with van der Waals surface area (Å²) in [4.78, 5) is 0. The second kappa shape index (κ2) is 3.48. The topological polar surface area (TPSA) is 0 Å². The van der Waals surface area contributed by atoms with Crippen LogP contribution in [-0.4, -0.2) is 0 Å². The third-order valence-electron chi connectivity index (χ3n) is 3.66. The van der Waals surface area contributed by atoms with E-state index in [-0.39, 0.29) is 0 Å². The van der Waals surface area contributed by atoms with E-state index in [4.69, 9.17) is 0 Å². The fourth-order valence-corrected chi connectivity index (χ4v) is 2.80. The van der Waals surface area contributed by atoms with Crippen molar-refractivity contribution in [3.05, 3.63) is 58.7 Å². The fourth-order valence-electron chi connectivity index (χ4n) is 2.80. The molecule has 1 aliphatic rings. The molecule has 3 rings (SSSR count). The van der Waals surface area contributed by atoms with Crippen LogP contribution in [-0.2, 0) is 12.8 Å². The lowest BCUT2D eigenvalue weighted by molar-refractivity contribution is 1.13. The number of hydrogen-bond acceptors (Lipinski definition) is 0. The smallest absolute Gasteiger partial charge is 0.00107 e. The molecule has 2 aromatic carbocycles. The predicted molar refractivity (Wildman–Crippen MR) is 68.8 cm³/mol. The van der Waals surface area contributed by atoms with E-state index in [2.05, 4.69) is 50.2 Å². The molecule has 0 unspecified atom stereocenters. The summed E-state index contributed by atoms with van der Waals surface area (Å²) in [6, 6.07) is 13.4. The molecule has 0 heteroatoms. The predicted octanol–water partition coefficient (Wildman–Crippen LogP) is 4.13. The van der Waals surface area contributed by atoms with Gasteiger partial charge in [0.1, 0.15) is 0 Å². The van der Waals surface area contributed by atoms with Gasteiger partial charge in [-0.15, -0.1) is 0 Å². The molecule has 0 fully saturated rings. The SMILES string of the molecule is CCc1cccc2c1-c1cccc(C)c1C2. The number of benzene rings is 2. The Morgan fingerprint density at radius 1 is 1.06 bits per heavy atom. The molecule has 0 N–H and O–H groups in total. The maximum Gasteiger partial charge on any atom is -0.00107 e. The minimum Gasteiger partial charge on any atom is -0.0617 e. The number of fused-ring (bicyclic) bond motifs is 3. The molecule has 0 bridgehead atoms. The van der Waals surface area contributed by atoms with Crippen molar-refractivity contribution in [3.8, 4) is 11.1 Å². The number of hydrogen-bond donors (Lipinski definition) is 0. The van der Waals surface area contributed by atoms with Gasteiger partial charge in [0, 0.05) is 0 Å². The maximum absolute atomic E-state index is 2.27. The van der Waals surface area contributed by atoms with Crippen molar-refractivity contribution in [1.82, 2.24) is 0 Å². The molecular formula is C16H16. The summed E-state index contributed by atoms with van der Waals surface area (Å²) in [5.74, 6) is 0. The van der Waals surface area contributed by atoms with Gasteiger partial charge in [0.2, 0.25) is 0 Å². The highest BCUT2D eigenvalue weighted by Gasteiger charge is 2.21. The Labute approximate surface area is 96.9 Å². The summed E-state index contributed by atoms with van der Waals surface area (Å²) < 4.78 is 0. The molecule has 80 valence electrons. The largest absolute Gasteiger partial charge is 0.0617 e. The summed E-state index contributed by atoms with van der Waals surface area (Å²) in [5, 5.41) is 0. The van der Waals surface area contributed by atoms with Crippen molar-refractivity contribution >= 4 is 0 Å². The molecule has 0 aliphatic heterocycles. The maximum atomic E-state index is 2.27. The third kappa shape index (κ3) is 1.23. The Morgan fingerprint density at radius 3 is 2.69 bits per heavy atom. The molecule has 0 radical (unpaired) electrons. The van der Waals surface area contributed by atoms with Crippen LogP contribution in [0, 0.1) is 6.92 Å². The lowest BCUT2D eigenvalue weighted by atomic mass is 9.97. The van der Waals surface area contributed by atoms with Gasteiger partial charge >= 0.3 is 0 Å². The first-order valence-electron chi connectivity index (χ1n) is 6.01. The van der Waals surface area contributed by atoms with E-state index in [1.165, 1.54) is 33.4 Å². The minimum absolute atomic E-state index is 1.12. The van der Waals surface area contributed by atoms with Crippen LogP contribution < -0.4 is 0 Å². The van der Waals surface area contributed by atoms with Crippen LogP contribution in [0.2, 0.25) is 0 Å². The average Bonchev–Trinajstić information content (AvgIpc) is 2.69. The van der Waals surface area contributed by atoms with Crippen LogP contribution in [0.15, 0.2) is 36.4 Å². The molecule has 1 aliphatic carbocycles. The lowest BCUT2D eigenvalue weighted by Gasteiger charge is -2.07. The molecule has 0 aromatic heterocycles. The highest BCUT2D eigenvalue weighted by molar-refractivity contribution is 5.80. The van der Waals surface area contributed by atoms with Gasteiger partial charge < -0.3 is 0 Å². The quantitative estimate of drug-likeness (QED) is 0.564. The molecule has 0 saturated heterocycles. The first kappa shape index (κ1) is 9.65. The van der Waals surface area contributed by atoms with Crippen LogP contribution in [0.5, 0.6) is 0 Å². The van der Waals surface area contributed by atoms with Crippen molar-refractivity contribution in [2.75, 3.05) is 0 Å². The summed E-state index contributed by atoms with van der Waals surface area (Å²) >= 11 is 0. The molecule has 0 amide bonds. The molecule has 0 nitrogen and oxygen atoms in total. The molecule has 0 spiro atoms. The monoisotopic (exact) mass is 208 g/mol. The molecule has 2 aromatic rings. The molecular weight excluding hydrogens is 192 g/mol. The van der Waals surface area contributed by atoms with Crippen LogP contribution >= 0.6 is 0 Å². The fraction of sp³-hybridized carbons (Fsp3) is 0.250. The Balaban J connectivity index is 2.31. The molecule has 16 heavy (non-hydrogen) atoms. The third-order valence-corrected chi connectivity index (χ3v) is 3.66. The van der Waals surface area contributed by atoms with E-state index < -0.39 is 0 Å². The van der Waals surface area contributed by atoms with Gasteiger partial charge in [0.05, 0.1) is 0 Å². The minimum atomic E-state index is 1.12. The summed E-state index contributed by atoms with van der Waals surface area (Å²) in [7, 11) is 0. The Morgan fingerprint density at radius 2 is 1.88 bits per heavy atom. The van der Waals surface area contributed by atoms with Gasteiger partial charge in [-0.2, -0.15) is 0 Å². The van der Waals surface area contributed by atoms with Crippen LogP contribution in [0.1, 0.15) is 29.2 Å². The van der Waals surface area contributed by atoms with Crippen molar-refractivity contribution in [2.45, 2.75) is 26.7 Å². The van der Waals surface area contributed by atoms with E-state index in [1.54, 1.807) is 0 Å². The van der Waals surface area contributed by atoms with Crippen molar-refractivity contribution in [1.29, 1.82) is 0 Å². The Hall–Kier alpha value is -1.56. The average molecular weight is 208 g/mol. The summed E-state index contributed by atoms with van der Waals surface area (Å²) in [6.45, 7) is 4.46. The highest BCUT2D eigenvalue weighted by Crippen LogP contribution is 2.40. The van der Waals surface area contributed by atoms with Gasteiger partial charge in [0.15, 0.2) is 0 Å². The number of rotatable bonds is 1. The first-order valence-corrected chi connectivity index (χ1v) is 6.01. The van der Waals surface area contributed by atoms with E-state index in [1.807, 2.05) is 0 Å². The molecule has 0 saturated carbocycles. The number of aryl methyl sites for hydroxylation is 2. The Kier molecular flexibility index (Phi) is 2.10. The van der Waals surface area contributed by atoms with Crippen molar-refractivity contribution in [3.63, 3.8) is 0 Å². The lowest BCUT2D eigenvalue weighted by Crippen LogP contribution is -1.87. The van der Waals surface area contributed by atoms with Crippen molar-refractivity contribution < 1.29 is 0 Å². The van der Waals surface area contributed by atoms with Gasteiger partial charge in [-0.1, -0.05) is 43.3 Å². The van der Waals surface area contributed by atoms with Crippen LogP contribution in [0.3, 0.4) is 0 Å². The second-order valence-corrected chi connectivity index (χ2v) is 4.58. The zero-order chi connectivity index (χ0) is 11.1. The van der Waals surface area contributed by atoms with E-state index >= 15 is 0 Å². The molecule has 0 atom stereocenters. The van der Waals surface area contributed by atoms with Crippen molar-refractivity contribution in [2.24, 2.45) is 0 Å². The van der Waals surface area contributed by atoms with Gasteiger partial charge in [-0.3, -0.25) is 0 Å². The zero-order valence-electron chi connectivity index (χ0n) is 9.88. The van der Waals surface area contributed by atoms with E-state index in [0.717, 1.165) is 12.8 Å². The second-order valence-electron chi connectivity index (χ2n) is 4.58. The first-order chi connectivity index (χ1) is 7.81. The van der Waals surface area contributed by atoms with Gasteiger partial charge in [-0.25, -0.2) is 0 Å². The normalized spacial score (nSPS) is 12.4. The summed E-state index contributed by atoms with van der Waals surface area (Å²) in [5.41, 5.74) is 8.91. The Bertz CT molecular complexity index is 550. The van der Waals surface area contributed by atoms with E-state index in [9.17, 15) is 0 Å². The van der Waals surface area contributed by atoms with Crippen LogP contribution in [0.4, 0.5) is 0 Å².